The third-order valence-electron chi connectivity index (χ3n) is 2.76. The molecule has 0 saturated heterocycles. The van der Waals surface area contributed by atoms with Crippen LogP contribution in [0.15, 0.2) is 53.6 Å². The fourth-order valence-electron chi connectivity index (χ4n) is 1.70. The van der Waals surface area contributed by atoms with Crippen molar-refractivity contribution in [2.75, 3.05) is 0 Å². The normalized spacial score (nSPS) is 12.6. The van der Waals surface area contributed by atoms with Crippen molar-refractivity contribution < 1.29 is 8.42 Å². The van der Waals surface area contributed by atoms with E-state index in [2.05, 4.69) is 9.71 Å². The number of hydrogen-bond acceptors (Lipinski definition) is 4. The van der Waals surface area contributed by atoms with Crippen LogP contribution < -0.4 is 4.72 Å². The van der Waals surface area contributed by atoms with Gasteiger partial charge in [-0.1, -0.05) is 6.07 Å². The maximum Gasteiger partial charge on any atom is 0.241 e. The highest BCUT2D eigenvalue weighted by Crippen LogP contribution is 2.15. The van der Waals surface area contributed by atoms with E-state index in [0.717, 1.165) is 0 Å². The topological polar surface area (TPSA) is 82.9 Å². The van der Waals surface area contributed by atoms with Gasteiger partial charge in [-0.15, -0.1) is 0 Å². The molecule has 1 heterocycles. The molecular formula is C14H13N3O2S. The quantitative estimate of drug-likeness (QED) is 0.932. The van der Waals surface area contributed by atoms with Crippen LogP contribution in [0.5, 0.6) is 0 Å². The second-order valence-corrected chi connectivity index (χ2v) is 5.95. The predicted octanol–water partition coefficient (Wildman–Crippen LogP) is 1.99. The van der Waals surface area contributed by atoms with Crippen LogP contribution in [-0.2, 0) is 10.0 Å². The molecule has 1 aromatic carbocycles. The first-order valence-corrected chi connectivity index (χ1v) is 7.44. The van der Waals surface area contributed by atoms with Crippen LogP contribution in [-0.4, -0.2) is 13.4 Å². The molecule has 1 aromatic heterocycles. The molecule has 2 aromatic rings. The summed E-state index contributed by atoms with van der Waals surface area (Å²) in [5.41, 5.74) is 1.06. The molecule has 6 heteroatoms. The van der Waals surface area contributed by atoms with Crippen LogP contribution in [0, 0.1) is 11.3 Å². The largest absolute Gasteiger partial charge is 0.260 e. The van der Waals surface area contributed by atoms with Crippen molar-refractivity contribution >= 4 is 10.0 Å². The smallest absolute Gasteiger partial charge is 0.241 e. The summed E-state index contributed by atoms with van der Waals surface area (Å²) in [6.45, 7) is 1.73. The highest BCUT2D eigenvalue weighted by atomic mass is 32.2. The average molecular weight is 287 g/mol. The van der Waals surface area contributed by atoms with Gasteiger partial charge in [-0.2, -0.15) is 5.26 Å². The second-order valence-electron chi connectivity index (χ2n) is 4.23. The summed E-state index contributed by atoms with van der Waals surface area (Å²) in [6, 6.07) is 12.6. The summed E-state index contributed by atoms with van der Waals surface area (Å²) in [7, 11) is -3.63. The number of aromatic nitrogens is 1. The van der Waals surface area contributed by atoms with Crippen LogP contribution in [0.2, 0.25) is 0 Å². The summed E-state index contributed by atoms with van der Waals surface area (Å²) in [6.07, 6.45) is 1.61. The number of nitrogens with one attached hydrogen (secondary N) is 1. The average Bonchev–Trinajstić information content (AvgIpc) is 2.48. The molecule has 2 rings (SSSR count). The molecule has 1 N–H and O–H groups in total. The van der Waals surface area contributed by atoms with Crippen molar-refractivity contribution in [1.82, 2.24) is 9.71 Å². The Morgan fingerprint density at radius 1 is 1.20 bits per heavy atom. The molecule has 102 valence electrons. The lowest BCUT2D eigenvalue weighted by Crippen LogP contribution is -2.27. The van der Waals surface area contributed by atoms with Gasteiger partial charge >= 0.3 is 0 Å². The van der Waals surface area contributed by atoms with E-state index in [-0.39, 0.29) is 4.90 Å². The zero-order valence-electron chi connectivity index (χ0n) is 10.8. The zero-order valence-corrected chi connectivity index (χ0v) is 11.6. The Hall–Kier alpha value is -2.23. The Morgan fingerprint density at radius 2 is 1.90 bits per heavy atom. The molecule has 0 saturated carbocycles. The third kappa shape index (κ3) is 3.20. The Bertz CT molecular complexity index is 719. The van der Waals surface area contributed by atoms with E-state index >= 15 is 0 Å². The molecule has 0 amide bonds. The molecule has 0 bridgehead atoms. The Labute approximate surface area is 118 Å². The molecule has 0 spiro atoms. The molecule has 1 atom stereocenters. The molecule has 20 heavy (non-hydrogen) atoms. The second kappa shape index (κ2) is 5.82. The first-order valence-electron chi connectivity index (χ1n) is 5.96. The number of benzene rings is 1. The van der Waals surface area contributed by atoms with Gasteiger partial charge in [-0.05, 0) is 43.3 Å². The first-order chi connectivity index (χ1) is 9.53. The van der Waals surface area contributed by atoms with Gasteiger partial charge in [0.25, 0.3) is 0 Å². The number of pyridine rings is 1. The van der Waals surface area contributed by atoms with Crippen molar-refractivity contribution in [1.29, 1.82) is 5.26 Å². The van der Waals surface area contributed by atoms with Crippen molar-refractivity contribution in [2.45, 2.75) is 17.9 Å². The van der Waals surface area contributed by atoms with Gasteiger partial charge in [0.15, 0.2) is 0 Å². The minimum absolute atomic E-state index is 0.124. The number of nitrogens with zero attached hydrogens (tertiary/aromatic N) is 2. The Balaban J connectivity index is 2.21. The zero-order chi connectivity index (χ0) is 14.6. The highest BCUT2D eigenvalue weighted by Gasteiger charge is 2.18. The molecule has 0 unspecified atom stereocenters. The van der Waals surface area contributed by atoms with E-state index < -0.39 is 16.1 Å². The van der Waals surface area contributed by atoms with E-state index in [0.29, 0.717) is 11.3 Å². The Kier molecular flexibility index (Phi) is 4.13. The minimum Gasteiger partial charge on any atom is -0.260 e. The van der Waals surface area contributed by atoms with Gasteiger partial charge in [0, 0.05) is 6.20 Å². The summed E-state index contributed by atoms with van der Waals surface area (Å²) in [4.78, 5) is 4.24. The van der Waals surface area contributed by atoms with Crippen molar-refractivity contribution in [3.63, 3.8) is 0 Å². The van der Waals surface area contributed by atoms with Gasteiger partial charge in [-0.3, -0.25) is 4.98 Å². The van der Waals surface area contributed by atoms with E-state index in [1.54, 1.807) is 31.3 Å². The lowest BCUT2D eigenvalue weighted by Gasteiger charge is -2.13. The Morgan fingerprint density at radius 3 is 2.45 bits per heavy atom. The van der Waals surface area contributed by atoms with E-state index in [9.17, 15) is 8.42 Å². The van der Waals surface area contributed by atoms with Gasteiger partial charge in [0.05, 0.1) is 28.3 Å². The molecule has 0 aliphatic rings. The van der Waals surface area contributed by atoms with Gasteiger partial charge in [0.2, 0.25) is 10.0 Å². The summed E-state index contributed by atoms with van der Waals surface area (Å²) >= 11 is 0. The molecule has 0 fully saturated rings. The number of rotatable bonds is 4. The van der Waals surface area contributed by atoms with Crippen LogP contribution in [0.25, 0.3) is 0 Å². The van der Waals surface area contributed by atoms with Crippen LogP contribution >= 0.6 is 0 Å². The monoisotopic (exact) mass is 287 g/mol. The molecule has 0 aliphatic carbocycles. The number of sulfonamides is 1. The molecule has 0 aliphatic heterocycles. The fourth-order valence-corrected chi connectivity index (χ4v) is 2.92. The first kappa shape index (κ1) is 14.2. The van der Waals surface area contributed by atoms with E-state index in [1.807, 2.05) is 6.07 Å². The van der Waals surface area contributed by atoms with Gasteiger partial charge < -0.3 is 0 Å². The molecular weight excluding hydrogens is 274 g/mol. The van der Waals surface area contributed by atoms with Gasteiger partial charge in [0.1, 0.15) is 0 Å². The summed E-state index contributed by atoms with van der Waals surface area (Å²) in [5.74, 6) is 0. The lowest BCUT2D eigenvalue weighted by molar-refractivity contribution is 0.564. The highest BCUT2D eigenvalue weighted by molar-refractivity contribution is 7.89. The maximum atomic E-state index is 12.2. The van der Waals surface area contributed by atoms with Crippen LogP contribution in [0.4, 0.5) is 0 Å². The summed E-state index contributed by atoms with van der Waals surface area (Å²) in [5, 5.41) is 8.70. The predicted molar refractivity (Wildman–Crippen MR) is 74.1 cm³/mol. The lowest BCUT2D eigenvalue weighted by atomic mass is 10.2. The van der Waals surface area contributed by atoms with Gasteiger partial charge in [-0.25, -0.2) is 13.1 Å². The number of nitriles is 1. The van der Waals surface area contributed by atoms with Crippen LogP contribution in [0.1, 0.15) is 24.2 Å². The van der Waals surface area contributed by atoms with Crippen LogP contribution in [0.3, 0.4) is 0 Å². The fraction of sp³-hybridized carbons (Fsp3) is 0.143. The molecule has 5 nitrogen and oxygen atoms in total. The third-order valence-corrected chi connectivity index (χ3v) is 4.31. The minimum atomic E-state index is -3.63. The SMILES string of the molecule is C[C@H](NS(=O)(=O)c1ccc(C#N)cc1)c1ccccn1. The maximum absolute atomic E-state index is 12.2. The van der Waals surface area contributed by atoms with E-state index in [4.69, 9.17) is 5.26 Å². The van der Waals surface area contributed by atoms with Crippen molar-refractivity contribution in [2.24, 2.45) is 0 Å². The van der Waals surface area contributed by atoms with Crippen molar-refractivity contribution in [3.8, 4) is 6.07 Å². The number of hydrogen-bond donors (Lipinski definition) is 1. The molecule has 0 radical (unpaired) electrons. The van der Waals surface area contributed by atoms with E-state index in [1.165, 1.54) is 24.3 Å². The summed E-state index contributed by atoms with van der Waals surface area (Å²) < 4.78 is 26.9. The standard InChI is InChI=1S/C14H13N3O2S/c1-11(14-4-2-3-9-16-14)17-20(18,19)13-7-5-12(10-15)6-8-13/h2-9,11,17H,1H3/t11-/m0/s1. The van der Waals surface area contributed by atoms with Crippen molar-refractivity contribution in [3.05, 3.63) is 59.9 Å².